The fraction of sp³-hybridized carbons (Fsp3) is 0.333. The van der Waals surface area contributed by atoms with Gasteiger partial charge in [-0.2, -0.15) is 13.2 Å². The number of hydrogen-bond acceptors (Lipinski definition) is 1. The Labute approximate surface area is 92.7 Å². The lowest BCUT2D eigenvalue weighted by Crippen LogP contribution is -2.07. The van der Waals surface area contributed by atoms with Crippen LogP contribution in [0, 0.1) is 18.8 Å². The summed E-state index contributed by atoms with van der Waals surface area (Å²) in [6.45, 7) is 1.89. The van der Waals surface area contributed by atoms with Gasteiger partial charge in [-0.05, 0) is 31.7 Å². The van der Waals surface area contributed by atoms with Gasteiger partial charge in [0.15, 0.2) is 0 Å². The second-order valence-corrected chi connectivity index (χ2v) is 3.36. The molecule has 0 bridgehead atoms. The molecule has 0 aliphatic carbocycles. The lowest BCUT2D eigenvalue weighted by Gasteiger charge is -2.09. The highest BCUT2D eigenvalue weighted by atomic mass is 19.4. The van der Waals surface area contributed by atoms with E-state index in [2.05, 4.69) is 17.2 Å². The maximum Gasteiger partial charge on any atom is 0.416 e. The van der Waals surface area contributed by atoms with Crippen LogP contribution in [0.2, 0.25) is 0 Å². The van der Waals surface area contributed by atoms with Gasteiger partial charge in [0.1, 0.15) is 0 Å². The maximum absolute atomic E-state index is 12.6. The molecule has 0 radical (unpaired) electrons. The van der Waals surface area contributed by atoms with Gasteiger partial charge in [-0.3, -0.25) is 0 Å². The van der Waals surface area contributed by atoms with Crippen LogP contribution >= 0.6 is 0 Å². The molecule has 86 valence electrons. The van der Waals surface area contributed by atoms with Gasteiger partial charge in [-0.25, -0.2) is 0 Å². The molecule has 1 nitrogen and oxygen atoms in total. The molecule has 0 unspecified atom stereocenters. The van der Waals surface area contributed by atoms with Gasteiger partial charge in [-0.15, -0.1) is 0 Å². The number of rotatable bonds is 1. The third-order valence-corrected chi connectivity index (χ3v) is 2.04. The van der Waals surface area contributed by atoms with E-state index in [1.54, 1.807) is 13.1 Å². The molecule has 1 aromatic rings. The van der Waals surface area contributed by atoms with E-state index in [0.29, 0.717) is 12.1 Å². The van der Waals surface area contributed by atoms with Gasteiger partial charge in [-0.1, -0.05) is 17.9 Å². The number of hydrogen-bond donors (Lipinski definition) is 1. The molecule has 1 rings (SSSR count). The zero-order valence-corrected chi connectivity index (χ0v) is 9.07. The summed E-state index contributed by atoms with van der Waals surface area (Å²) in [7, 11) is 1.73. The highest BCUT2D eigenvalue weighted by Gasteiger charge is 2.32. The molecule has 0 heterocycles. The van der Waals surface area contributed by atoms with Gasteiger partial charge in [0, 0.05) is 5.56 Å². The maximum atomic E-state index is 12.6. The van der Waals surface area contributed by atoms with E-state index in [0.717, 1.165) is 6.07 Å². The SMILES string of the molecule is CNCC#Cc1ccc(C)c(C(F)(F)F)c1. The molecule has 0 fully saturated rings. The van der Waals surface area contributed by atoms with Gasteiger partial charge in [0.2, 0.25) is 0 Å². The molecule has 16 heavy (non-hydrogen) atoms. The Balaban J connectivity index is 3.05. The molecule has 0 amide bonds. The van der Waals surface area contributed by atoms with E-state index < -0.39 is 11.7 Å². The van der Waals surface area contributed by atoms with Gasteiger partial charge >= 0.3 is 6.18 Å². The summed E-state index contributed by atoms with van der Waals surface area (Å²) < 4.78 is 37.7. The zero-order valence-electron chi connectivity index (χ0n) is 9.07. The third-order valence-electron chi connectivity index (χ3n) is 2.04. The molecule has 0 atom stereocenters. The molecule has 1 aromatic carbocycles. The van der Waals surface area contributed by atoms with Crippen molar-refractivity contribution >= 4 is 0 Å². The first-order chi connectivity index (χ1) is 7.45. The number of halogens is 3. The first kappa shape index (κ1) is 12.6. The Morgan fingerprint density at radius 1 is 1.31 bits per heavy atom. The van der Waals surface area contributed by atoms with Crippen LogP contribution in [0.5, 0.6) is 0 Å². The molecular formula is C12H12F3N. The normalized spacial score (nSPS) is 10.8. The Hall–Kier alpha value is -1.47. The van der Waals surface area contributed by atoms with Crippen LogP contribution in [0.1, 0.15) is 16.7 Å². The summed E-state index contributed by atoms with van der Waals surface area (Å²) in [5.74, 6) is 5.39. The second kappa shape index (κ2) is 5.04. The van der Waals surface area contributed by atoms with Crippen LogP contribution in [0.4, 0.5) is 13.2 Å². The number of nitrogens with one attached hydrogen (secondary N) is 1. The monoisotopic (exact) mass is 227 g/mol. The lowest BCUT2D eigenvalue weighted by molar-refractivity contribution is -0.138. The van der Waals surface area contributed by atoms with Crippen molar-refractivity contribution in [1.29, 1.82) is 0 Å². The quantitative estimate of drug-likeness (QED) is 0.727. The Kier molecular flexibility index (Phi) is 3.97. The van der Waals surface area contributed by atoms with Crippen molar-refractivity contribution in [2.24, 2.45) is 0 Å². The largest absolute Gasteiger partial charge is 0.416 e. The molecule has 0 aliphatic rings. The fourth-order valence-corrected chi connectivity index (χ4v) is 1.24. The van der Waals surface area contributed by atoms with Crippen molar-refractivity contribution in [2.45, 2.75) is 13.1 Å². The van der Waals surface area contributed by atoms with E-state index >= 15 is 0 Å². The summed E-state index contributed by atoms with van der Waals surface area (Å²) in [6, 6.07) is 4.11. The average Bonchev–Trinajstić information content (AvgIpc) is 2.19. The smallest absolute Gasteiger partial charge is 0.309 e. The van der Waals surface area contributed by atoms with Crippen molar-refractivity contribution in [1.82, 2.24) is 5.32 Å². The zero-order chi connectivity index (χ0) is 12.2. The van der Waals surface area contributed by atoms with Gasteiger partial charge in [0.25, 0.3) is 0 Å². The van der Waals surface area contributed by atoms with Crippen LogP contribution in [-0.4, -0.2) is 13.6 Å². The lowest BCUT2D eigenvalue weighted by atomic mass is 10.0. The highest BCUT2D eigenvalue weighted by molar-refractivity contribution is 5.41. The predicted octanol–water partition coefficient (Wildman–Crippen LogP) is 2.58. The summed E-state index contributed by atoms with van der Waals surface area (Å²) in [4.78, 5) is 0. The average molecular weight is 227 g/mol. The van der Waals surface area contributed by atoms with Crippen molar-refractivity contribution in [3.8, 4) is 11.8 Å². The standard InChI is InChI=1S/C12H12F3N/c1-9-5-6-10(4-3-7-16-2)8-11(9)12(13,14)15/h5-6,8,16H,7H2,1-2H3. The molecule has 0 aliphatic heterocycles. The minimum absolute atomic E-state index is 0.215. The Bertz CT molecular complexity index is 424. The summed E-state index contributed by atoms with van der Waals surface area (Å²) in [5.41, 5.74) is -0.0244. The van der Waals surface area contributed by atoms with Crippen LogP contribution in [-0.2, 0) is 6.18 Å². The minimum atomic E-state index is -4.31. The highest BCUT2D eigenvalue weighted by Crippen LogP contribution is 2.32. The van der Waals surface area contributed by atoms with Crippen LogP contribution in [0.15, 0.2) is 18.2 Å². The summed E-state index contributed by atoms with van der Waals surface area (Å²) in [6.07, 6.45) is -4.31. The van der Waals surface area contributed by atoms with Crippen molar-refractivity contribution in [2.75, 3.05) is 13.6 Å². The molecular weight excluding hydrogens is 215 g/mol. The van der Waals surface area contributed by atoms with Gasteiger partial charge < -0.3 is 5.32 Å². The third kappa shape index (κ3) is 3.28. The number of aryl methyl sites for hydroxylation is 1. The molecule has 4 heteroatoms. The molecule has 0 saturated carbocycles. The Morgan fingerprint density at radius 2 is 2.00 bits per heavy atom. The number of alkyl halides is 3. The van der Waals surface area contributed by atoms with Crippen molar-refractivity contribution in [3.05, 3.63) is 34.9 Å². The van der Waals surface area contributed by atoms with E-state index in [1.165, 1.54) is 13.0 Å². The summed E-state index contributed by atoms with van der Waals surface area (Å²) in [5, 5.41) is 2.80. The van der Waals surface area contributed by atoms with Crippen LogP contribution < -0.4 is 5.32 Å². The van der Waals surface area contributed by atoms with Crippen LogP contribution in [0.25, 0.3) is 0 Å². The topological polar surface area (TPSA) is 12.0 Å². The van der Waals surface area contributed by atoms with E-state index in [9.17, 15) is 13.2 Å². The molecule has 1 N–H and O–H groups in total. The molecule has 0 aromatic heterocycles. The summed E-state index contributed by atoms with van der Waals surface area (Å²) >= 11 is 0. The minimum Gasteiger partial charge on any atom is -0.309 e. The van der Waals surface area contributed by atoms with E-state index in [4.69, 9.17) is 0 Å². The van der Waals surface area contributed by atoms with E-state index in [1.807, 2.05) is 0 Å². The van der Waals surface area contributed by atoms with Crippen molar-refractivity contribution < 1.29 is 13.2 Å². The first-order valence-corrected chi connectivity index (χ1v) is 4.76. The van der Waals surface area contributed by atoms with Crippen LogP contribution in [0.3, 0.4) is 0 Å². The van der Waals surface area contributed by atoms with E-state index in [-0.39, 0.29) is 5.56 Å². The molecule has 0 saturated heterocycles. The van der Waals surface area contributed by atoms with Crippen molar-refractivity contribution in [3.63, 3.8) is 0 Å². The molecule has 0 spiro atoms. The first-order valence-electron chi connectivity index (χ1n) is 4.76. The predicted molar refractivity (Wildman–Crippen MR) is 57.0 cm³/mol. The number of benzene rings is 1. The Morgan fingerprint density at radius 3 is 2.56 bits per heavy atom. The fourth-order valence-electron chi connectivity index (χ4n) is 1.24. The van der Waals surface area contributed by atoms with Gasteiger partial charge in [0.05, 0.1) is 12.1 Å². The second-order valence-electron chi connectivity index (χ2n) is 3.36.